The van der Waals surface area contributed by atoms with Crippen molar-refractivity contribution >= 4 is 5.91 Å². The number of nitrogens with one attached hydrogen (secondary N) is 1. The second-order valence-corrected chi connectivity index (χ2v) is 7.38. The quantitative estimate of drug-likeness (QED) is 0.929. The van der Waals surface area contributed by atoms with Gasteiger partial charge in [0, 0.05) is 50.9 Å². The van der Waals surface area contributed by atoms with Crippen LogP contribution in [0.15, 0.2) is 36.5 Å². The Hall–Kier alpha value is -2.14. The molecule has 2 fully saturated rings. The van der Waals surface area contributed by atoms with Crippen molar-refractivity contribution < 1.29 is 4.79 Å². The summed E-state index contributed by atoms with van der Waals surface area (Å²) in [5, 5.41) is 7.71. The Morgan fingerprint density at radius 3 is 2.88 bits per heavy atom. The summed E-state index contributed by atoms with van der Waals surface area (Å²) in [6, 6.07) is 10.7. The molecular weight excluding hydrogens is 312 g/mol. The highest BCUT2D eigenvalue weighted by atomic mass is 16.2. The van der Waals surface area contributed by atoms with Crippen molar-refractivity contribution in [2.75, 3.05) is 19.6 Å². The van der Waals surface area contributed by atoms with Crippen molar-refractivity contribution in [2.45, 2.75) is 25.8 Å². The summed E-state index contributed by atoms with van der Waals surface area (Å²) in [4.78, 5) is 15.2. The molecule has 0 unspecified atom stereocenters. The third-order valence-electron chi connectivity index (χ3n) is 5.91. The first kappa shape index (κ1) is 16.3. The number of carbonyl (C=O) groups excluding carboxylic acids is 1. The normalized spacial score (nSPS) is 25.4. The molecule has 1 N–H and O–H groups in total. The number of hydrogen-bond donors (Lipinski definition) is 1. The zero-order valence-corrected chi connectivity index (χ0v) is 15.0. The van der Waals surface area contributed by atoms with Crippen LogP contribution in [0.5, 0.6) is 0 Å². The summed E-state index contributed by atoms with van der Waals surface area (Å²) in [6.45, 7) is 5.07. The number of aryl methyl sites for hydroxylation is 3. The monoisotopic (exact) mass is 338 g/mol. The van der Waals surface area contributed by atoms with Gasteiger partial charge in [0.15, 0.2) is 0 Å². The van der Waals surface area contributed by atoms with E-state index in [9.17, 15) is 4.79 Å². The van der Waals surface area contributed by atoms with Gasteiger partial charge in [-0.3, -0.25) is 9.48 Å². The minimum Gasteiger partial charge on any atom is -0.335 e. The molecule has 25 heavy (non-hydrogen) atoms. The predicted molar refractivity (Wildman–Crippen MR) is 97.0 cm³/mol. The summed E-state index contributed by atoms with van der Waals surface area (Å²) >= 11 is 0. The van der Waals surface area contributed by atoms with Crippen molar-refractivity contribution in [3.8, 4) is 0 Å². The molecule has 2 aromatic rings. The average molecular weight is 338 g/mol. The van der Waals surface area contributed by atoms with Crippen LogP contribution in [-0.2, 0) is 18.3 Å². The molecule has 3 heterocycles. The molecule has 0 radical (unpaired) electrons. The summed E-state index contributed by atoms with van der Waals surface area (Å²) in [5.41, 5.74) is 3.71. The van der Waals surface area contributed by atoms with Crippen molar-refractivity contribution in [3.05, 3.63) is 53.3 Å². The minimum absolute atomic E-state index is 0.209. The Morgan fingerprint density at radius 2 is 2.12 bits per heavy atom. The SMILES string of the molecule is Cc1ccccc1[C@H]1[C@H]2CNC[C@H]2CN1C(=O)CCc1ccnn1C. The van der Waals surface area contributed by atoms with E-state index in [-0.39, 0.29) is 11.9 Å². The lowest BCUT2D eigenvalue weighted by molar-refractivity contribution is -0.132. The Labute approximate surface area is 149 Å². The van der Waals surface area contributed by atoms with Gasteiger partial charge in [0.2, 0.25) is 5.91 Å². The number of nitrogens with zero attached hydrogens (tertiary/aromatic N) is 3. The van der Waals surface area contributed by atoms with Crippen LogP contribution in [0.1, 0.15) is 29.3 Å². The van der Waals surface area contributed by atoms with E-state index in [1.54, 1.807) is 6.20 Å². The molecule has 1 aromatic carbocycles. The molecule has 4 rings (SSSR count). The second kappa shape index (κ2) is 6.64. The predicted octanol–water partition coefficient (Wildman–Crippen LogP) is 2.08. The smallest absolute Gasteiger partial charge is 0.223 e. The molecule has 1 amide bonds. The highest BCUT2D eigenvalue weighted by Gasteiger charge is 2.46. The van der Waals surface area contributed by atoms with E-state index in [1.807, 2.05) is 17.8 Å². The zero-order chi connectivity index (χ0) is 17.4. The summed E-state index contributed by atoms with van der Waals surface area (Å²) in [5.74, 6) is 1.37. The Bertz CT molecular complexity index is 769. The van der Waals surface area contributed by atoms with Gasteiger partial charge in [-0.15, -0.1) is 0 Å². The molecule has 0 bridgehead atoms. The molecule has 0 spiro atoms. The van der Waals surface area contributed by atoms with Gasteiger partial charge in [-0.25, -0.2) is 0 Å². The fraction of sp³-hybridized carbons (Fsp3) is 0.500. The first-order valence-electron chi connectivity index (χ1n) is 9.17. The summed E-state index contributed by atoms with van der Waals surface area (Å²) in [7, 11) is 1.93. The number of carbonyl (C=O) groups is 1. The molecule has 5 nitrogen and oxygen atoms in total. The summed E-state index contributed by atoms with van der Waals surface area (Å²) in [6.07, 6.45) is 3.09. The van der Waals surface area contributed by atoms with Gasteiger partial charge in [-0.05, 0) is 36.5 Å². The van der Waals surface area contributed by atoms with Gasteiger partial charge in [0.25, 0.3) is 0 Å². The van der Waals surface area contributed by atoms with E-state index in [1.165, 1.54) is 11.1 Å². The number of benzene rings is 1. The third kappa shape index (κ3) is 2.97. The molecule has 3 atom stereocenters. The largest absolute Gasteiger partial charge is 0.335 e. The molecule has 0 aliphatic carbocycles. The number of aromatic nitrogens is 2. The number of fused-ring (bicyclic) bond motifs is 1. The van der Waals surface area contributed by atoms with Gasteiger partial charge < -0.3 is 10.2 Å². The molecule has 2 saturated heterocycles. The maximum Gasteiger partial charge on any atom is 0.223 e. The zero-order valence-electron chi connectivity index (χ0n) is 15.0. The summed E-state index contributed by atoms with van der Waals surface area (Å²) < 4.78 is 1.86. The number of hydrogen-bond acceptors (Lipinski definition) is 3. The van der Waals surface area contributed by atoms with Gasteiger partial charge >= 0.3 is 0 Å². The topological polar surface area (TPSA) is 50.2 Å². The van der Waals surface area contributed by atoms with E-state index >= 15 is 0 Å². The lowest BCUT2D eigenvalue weighted by atomic mass is 9.87. The molecule has 1 aromatic heterocycles. The number of amides is 1. The Kier molecular flexibility index (Phi) is 4.34. The van der Waals surface area contributed by atoms with Crippen molar-refractivity contribution in [1.29, 1.82) is 0 Å². The van der Waals surface area contributed by atoms with Crippen LogP contribution in [-0.4, -0.2) is 40.2 Å². The van der Waals surface area contributed by atoms with Gasteiger partial charge in [-0.1, -0.05) is 24.3 Å². The van der Waals surface area contributed by atoms with Crippen LogP contribution < -0.4 is 5.32 Å². The van der Waals surface area contributed by atoms with Crippen LogP contribution >= 0.6 is 0 Å². The van der Waals surface area contributed by atoms with E-state index < -0.39 is 0 Å². The fourth-order valence-electron chi connectivity index (χ4n) is 4.52. The highest BCUT2D eigenvalue weighted by Crippen LogP contribution is 2.43. The van der Waals surface area contributed by atoms with E-state index in [4.69, 9.17) is 0 Å². The fourth-order valence-corrected chi connectivity index (χ4v) is 4.52. The number of likely N-dealkylation sites (tertiary alicyclic amines) is 1. The van der Waals surface area contributed by atoms with Crippen molar-refractivity contribution in [1.82, 2.24) is 20.0 Å². The molecule has 5 heteroatoms. The first-order valence-corrected chi connectivity index (χ1v) is 9.17. The average Bonchev–Trinajstić information content (AvgIpc) is 3.29. The maximum atomic E-state index is 13.1. The Morgan fingerprint density at radius 1 is 1.28 bits per heavy atom. The van der Waals surface area contributed by atoms with E-state index in [0.717, 1.165) is 31.7 Å². The first-order chi connectivity index (χ1) is 12.1. The molecule has 2 aliphatic rings. The van der Waals surface area contributed by atoms with Crippen LogP contribution in [0, 0.1) is 18.8 Å². The van der Waals surface area contributed by atoms with Crippen molar-refractivity contribution in [3.63, 3.8) is 0 Å². The lowest BCUT2D eigenvalue weighted by Gasteiger charge is -2.29. The van der Waals surface area contributed by atoms with Crippen LogP contribution in [0.4, 0.5) is 0 Å². The third-order valence-corrected chi connectivity index (χ3v) is 5.91. The highest BCUT2D eigenvalue weighted by molar-refractivity contribution is 5.77. The van der Waals surface area contributed by atoms with Crippen LogP contribution in [0.3, 0.4) is 0 Å². The minimum atomic E-state index is 0.209. The van der Waals surface area contributed by atoms with Crippen molar-refractivity contribution in [2.24, 2.45) is 18.9 Å². The molecule has 2 aliphatic heterocycles. The molecule has 0 saturated carbocycles. The van der Waals surface area contributed by atoms with E-state index in [2.05, 4.69) is 46.5 Å². The molecular formula is C20H26N4O. The van der Waals surface area contributed by atoms with Gasteiger partial charge in [0.05, 0.1) is 6.04 Å². The van der Waals surface area contributed by atoms with Gasteiger partial charge in [-0.2, -0.15) is 5.10 Å². The van der Waals surface area contributed by atoms with Gasteiger partial charge in [0.1, 0.15) is 0 Å². The Balaban J connectivity index is 1.55. The van der Waals surface area contributed by atoms with Crippen LogP contribution in [0.25, 0.3) is 0 Å². The standard InChI is InChI=1S/C20H26N4O/c1-14-5-3-4-6-17(14)20-18-12-21-11-15(18)13-24(20)19(25)8-7-16-9-10-22-23(16)2/h3-6,9-10,15,18,20-21H,7-8,11-13H2,1-2H3/t15-,18-,20-/m0/s1. The lowest BCUT2D eigenvalue weighted by Crippen LogP contribution is -2.35. The van der Waals surface area contributed by atoms with E-state index in [0.29, 0.717) is 18.3 Å². The number of rotatable bonds is 4. The van der Waals surface area contributed by atoms with Crippen LogP contribution in [0.2, 0.25) is 0 Å². The second-order valence-electron chi connectivity index (χ2n) is 7.38. The maximum absolute atomic E-state index is 13.1. The molecule has 132 valence electrons.